The van der Waals surface area contributed by atoms with Gasteiger partial charge in [0.15, 0.2) is 0 Å². The maximum absolute atomic E-state index is 2.33. The monoisotopic (exact) mass is 300 g/mol. The molecule has 0 heteroatoms. The molecule has 0 heterocycles. The summed E-state index contributed by atoms with van der Waals surface area (Å²) in [6, 6.07) is 24.6. The molecule has 3 aromatic rings. The molecule has 3 aromatic carbocycles. The fourth-order valence-electron chi connectivity index (χ4n) is 2.81. The molecule has 0 unspecified atom stereocenters. The summed E-state index contributed by atoms with van der Waals surface area (Å²) in [6.07, 6.45) is 0. The van der Waals surface area contributed by atoms with Crippen molar-refractivity contribution in [1.29, 1.82) is 0 Å². The molecule has 0 spiro atoms. The van der Waals surface area contributed by atoms with Crippen molar-refractivity contribution in [2.24, 2.45) is 0 Å². The van der Waals surface area contributed by atoms with Gasteiger partial charge in [0, 0.05) is 0 Å². The van der Waals surface area contributed by atoms with Gasteiger partial charge in [0.25, 0.3) is 0 Å². The summed E-state index contributed by atoms with van der Waals surface area (Å²) in [4.78, 5) is 0. The Morgan fingerprint density at radius 2 is 0.913 bits per heavy atom. The van der Waals surface area contributed by atoms with Gasteiger partial charge in [-0.1, -0.05) is 85.6 Å². The number of hydrogen-bond acceptors (Lipinski definition) is 0. The normalized spacial score (nSPS) is 11.0. The highest BCUT2D eigenvalue weighted by molar-refractivity contribution is 5.74. The molecule has 23 heavy (non-hydrogen) atoms. The van der Waals surface area contributed by atoms with Crippen LogP contribution < -0.4 is 0 Å². The Hall–Kier alpha value is -2.34. The minimum atomic E-state index is 0.518. The van der Waals surface area contributed by atoms with E-state index < -0.39 is 0 Å². The van der Waals surface area contributed by atoms with Gasteiger partial charge in [-0.05, 0) is 53.6 Å². The number of hydrogen-bond donors (Lipinski definition) is 0. The summed E-state index contributed by atoms with van der Waals surface area (Å²) in [6.45, 7) is 8.78. The number of rotatable bonds is 3. The van der Waals surface area contributed by atoms with Crippen molar-refractivity contribution in [3.8, 4) is 22.3 Å². The topological polar surface area (TPSA) is 0 Å². The summed E-state index contributed by atoms with van der Waals surface area (Å²) in [5, 5.41) is 0. The molecule has 0 atom stereocenters. The average molecular weight is 300 g/mol. The largest absolute Gasteiger partial charge is 0.0587 e. The summed E-state index contributed by atoms with van der Waals surface area (Å²) in [5.74, 6) is 0.518. The van der Waals surface area contributed by atoms with E-state index in [1.807, 2.05) is 0 Å². The van der Waals surface area contributed by atoms with Gasteiger partial charge < -0.3 is 0 Å². The zero-order valence-corrected chi connectivity index (χ0v) is 14.4. The highest BCUT2D eigenvalue weighted by atomic mass is 14.1. The van der Waals surface area contributed by atoms with Crippen molar-refractivity contribution in [1.82, 2.24) is 0 Å². The Kier molecular flexibility index (Phi) is 4.34. The first-order valence-electron chi connectivity index (χ1n) is 8.32. The van der Waals surface area contributed by atoms with Crippen molar-refractivity contribution < 1.29 is 0 Å². The molecule has 0 saturated heterocycles. The van der Waals surface area contributed by atoms with E-state index in [0.29, 0.717) is 5.92 Å². The van der Waals surface area contributed by atoms with Crippen LogP contribution in [0.25, 0.3) is 22.3 Å². The molecular weight excluding hydrogens is 276 g/mol. The fraction of sp³-hybridized carbons (Fsp3) is 0.217. The van der Waals surface area contributed by atoms with Gasteiger partial charge in [0.1, 0.15) is 0 Å². The van der Waals surface area contributed by atoms with Crippen LogP contribution in [0.15, 0.2) is 66.7 Å². The lowest BCUT2D eigenvalue weighted by Crippen LogP contribution is -1.91. The van der Waals surface area contributed by atoms with Gasteiger partial charge in [0.05, 0.1) is 0 Å². The molecule has 0 aliphatic heterocycles. The van der Waals surface area contributed by atoms with Gasteiger partial charge in [-0.15, -0.1) is 0 Å². The molecule has 0 aromatic heterocycles. The Labute approximate surface area is 139 Å². The van der Waals surface area contributed by atoms with Crippen LogP contribution in [0.4, 0.5) is 0 Å². The van der Waals surface area contributed by atoms with Gasteiger partial charge in [-0.25, -0.2) is 0 Å². The van der Waals surface area contributed by atoms with Crippen LogP contribution in [0.3, 0.4) is 0 Å². The van der Waals surface area contributed by atoms with Crippen LogP contribution in [0, 0.1) is 13.8 Å². The number of aryl methyl sites for hydroxylation is 2. The van der Waals surface area contributed by atoms with Gasteiger partial charge >= 0.3 is 0 Å². The van der Waals surface area contributed by atoms with E-state index in [9.17, 15) is 0 Å². The SMILES string of the molecule is Cc1ccc(-c2cc(-c3ccc(C)cc3)cc(C(C)C)c2)cc1. The Balaban J connectivity index is 2.13. The van der Waals surface area contributed by atoms with Crippen LogP contribution in [0.5, 0.6) is 0 Å². The van der Waals surface area contributed by atoms with Crippen LogP contribution in [-0.2, 0) is 0 Å². The summed E-state index contributed by atoms with van der Waals surface area (Å²) in [7, 11) is 0. The summed E-state index contributed by atoms with van der Waals surface area (Å²) < 4.78 is 0. The molecule has 0 aliphatic carbocycles. The summed E-state index contributed by atoms with van der Waals surface area (Å²) in [5.41, 5.74) is 9.15. The molecule has 116 valence electrons. The van der Waals surface area contributed by atoms with Gasteiger partial charge in [-0.2, -0.15) is 0 Å². The molecule has 0 bridgehead atoms. The molecular formula is C23H24. The van der Waals surface area contributed by atoms with E-state index in [1.54, 1.807) is 0 Å². The lowest BCUT2D eigenvalue weighted by Gasteiger charge is -2.13. The van der Waals surface area contributed by atoms with Gasteiger partial charge in [-0.3, -0.25) is 0 Å². The van der Waals surface area contributed by atoms with Crippen molar-refractivity contribution in [3.63, 3.8) is 0 Å². The van der Waals surface area contributed by atoms with E-state index >= 15 is 0 Å². The smallest absolute Gasteiger partial charge is 0.0175 e. The third-order valence-corrected chi connectivity index (χ3v) is 4.39. The maximum atomic E-state index is 2.33. The lowest BCUT2D eigenvalue weighted by atomic mass is 9.92. The highest BCUT2D eigenvalue weighted by Gasteiger charge is 2.08. The number of benzene rings is 3. The van der Waals surface area contributed by atoms with E-state index in [0.717, 1.165) is 0 Å². The molecule has 0 N–H and O–H groups in total. The second-order valence-corrected chi connectivity index (χ2v) is 6.73. The molecule has 0 saturated carbocycles. The first kappa shape index (κ1) is 15.6. The predicted octanol–water partition coefficient (Wildman–Crippen LogP) is 6.76. The molecule has 0 amide bonds. The average Bonchev–Trinajstić information content (AvgIpc) is 2.55. The van der Waals surface area contributed by atoms with Crippen LogP contribution in [-0.4, -0.2) is 0 Å². The third kappa shape index (κ3) is 3.53. The predicted molar refractivity (Wildman–Crippen MR) is 101 cm³/mol. The third-order valence-electron chi connectivity index (χ3n) is 4.39. The van der Waals surface area contributed by atoms with Crippen LogP contribution in [0.2, 0.25) is 0 Å². The van der Waals surface area contributed by atoms with E-state index in [4.69, 9.17) is 0 Å². The lowest BCUT2D eigenvalue weighted by molar-refractivity contribution is 0.867. The fourth-order valence-corrected chi connectivity index (χ4v) is 2.81. The molecule has 0 nitrogen and oxygen atoms in total. The van der Waals surface area contributed by atoms with E-state index in [2.05, 4.69) is 94.4 Å². The minimum Gasteiger partial charge on any atom is -0.0587 e. The zero-order chi connectivity index (χ0) is 16.4. The Morgan fingerprint density at radius 3 is 1.26 bits per heavy atom. The minimum absolute atomic E-state index is 0.518. The Morgan fingerprint density at radius 1 is 0.522 bits per heavy atom. The van der Waals surface area contributed by atoms with Crippen molar-refractivity contribution >= 4 is 0 Å². The first-order chi connectivity index (χ1) is 11.0. The van der Waals surface area contributed by atoms with E-state index in [-0.39, 0.29) is 0 Å². The second-order valence-electron chi connectivity index (χ2n) is 6.73. The molecule has 0 radical (unpaired) electrons. The quantitative estimate of drug-likeness (QED) is 0.501. The van der Waals surface area contributed by atoms with Crippen molar-refractivity contribution in [2.75, 3.05) is 0 Å². The Bertz CT molecular complexity index is 727. The van der Waals surface area contributed by atoms with Crippen molar-refractivity contribution in [2.45, 2.75) is 33.6 Å². The van der Waals surface area contributed by atoms with E-state index in [1.165, 1.54) is 38.9 Å². The summed E-state index contributed by atoms with van der Waals surface area (Å²) >= 11 is 0. The van der Waals surface area contributed by atoms with Crippen molar-refractivity contribution in [3.05, 3.63) is 83.4 Å². The highest BCUT2D eigenvalue weighted by Crippen LogP contribution is 2.31. The first-order valence-corrected chi connectivity index (χ1v) is 8.32. The standard InChI is InChI=1S/C23H24/c1-16(2)21-13-22(19-9-5-17(3)6-10-19)15-23(14-21)20-11-7-18(4)8-12-20/h5-16H,1-4H3. The second kappa shape index (κ2) is 6.42. The molecule has 0 aliphatic rings. The van der Waals surface area contributed by atoms with Crippen LogP contribution in [0.1, 0.15) is 36.5 Å². The maximum Gasteiger partial charge on any atom is -0.0175 e. The zero-order valence-electron chi connectivity index (χ0n) is 14.4. The van der Waals surface area contributed by atoms with Gasteiger partial charge in [0.2, 0.25) is 0 Å². The molecule has 0 fully saturated rings. The van der Waals surface area contributed by atoms with Crippen LogP contribution >= 0.6 is 0 Å². The molecule has 3 rings (SSSR count).